The lowest BCUT2D eigenvalue weighted by atomic mass is 10.0. The zero-order valence-corrected chi connectivity index (χ0v) is 17.6. The number of rotatable bonds is 7. The molecule has 1 fully saturated rings. The van der Waals surface area contributed by atoms with Crippen LogP contribution >= 0.6 is 0 Å². The summed E-state index contributed by atoms with van der Waals surface area (Å²) in [5.41, 5.74) is 5.35. The second-order valence-electron chi connectivity index (χ2n) is 7.54. The van der Waals surface area contributed by atoms with E-state index in [1.807, 2.05) is 44.2 Å². The first-order chi connectivity index (χ1) is 14.5. The Morgan fingerprint density at radius 1 is 1.23 bits per heavy atom. The van der Waals surface area contributed by atoms with Crippen molar-refractivity contribution in [3.63, 3.8) is 0 Å². The molecule has 0 spiro atoms. The number of tetrazole rings is 1. The summed E-state index contributed by atoms with van der Waals surface area (Å²) in [5.74, 6) is 1.36. The quantitative estimate of drug-likeness (QED) is 0.444. The fourth-order valence-electron chi connectivity index (χ4n) is 3.50. The summed E-state index contributed by atoms with van der Waals surface area (Å²) < 4.78 is 8.78. The normalized spacial score (nSPS) is 14.1. The van der Waals surface area contributed by atoms with E-state index in [1.165, 1.54) is 14.9 Å². The van der Waals surface area contributed by atoms with Crippen LogP contribution in [-0.4, -0.2) is 32.6 Å². The molecule has 2 aromatic carbocycles. The molecular formula is C22H25N5O3. The molecule has 0 radical (unpaired) electrons. The molecule has 156 valence electrons. The Morgan fingerprint density at radius 3 is 2.70 bits per heavy atom. The van der Waals surface area contributed by atoms with Crippen molar-refractivity contribution in [2.75, 3.05) is 7.11 Å². The summed E-state index contributed by atoms with van der Waals surface area (Å²) in [5, 5.41) is 11.8. The molecule has 0 saturated heterocycles. The predicted octanol–water partition coefficient (Wildman–Crippen LogP) is 3.10. The van der Waals surface area contributed by atoms with Crippen molar-refractivity contribution in [3.05, 3.63) is 69.1 Å². The summed E-state index contributed by atoms with van der Waals surface area (Å²) in [4.78, 5) is 17.3. The van der Waals surface area contributed by atoms with E-state index in [9.17, 15) is 4.79 Å². The minimum Gasteiger partial charge on any atom is -0.489 e. The second kappa shape index (κ2) is 8.14. The third kappa shape index (κ3) is 3.85. The van der Waals surface area contributed by atoms with Crippen LogP contribution in [0, 0.1) is 6.92 Å². The van der Waals surface area contributed by atoms with E-state index >= 15 is 0 Å². The minimum atomic E-state index is -0.294. The van der Waals surface area contributed by atoms with Crippen molar-refractivity contribution >= 4 is 5.71 Å². The molecule has 30 heavy (non-hydrogen) atoms. The van der Waals surface area contributed by atoms with Crippen LogP contribution in [0.25, 0.3) is 5.69 Å². The van der Waals surface area contributed by atoms with Crippen molar-refractivity contribution < 1.29 is 9.57 Å². The highest BCUT2D eigenvalue weighted by atomic mass is 16.6. The summed E-state index contributed by atoms with van der Waals surface area (Å²) in [6.07, 6.45) is 2.32. The third-order valence-corrected chi connectivity index (χ3v) is 5.38. The maximum absolute atomic E-state index is 12.4. The Kier molecular flexibility index (Phi) is 5.39. The van der Waals surface area contributed by atoms with Crippen LogP contribution in [0.3, 0.4) is 0 Å². The van der Waals surface area contributed by atoms with Crippen LogP contribution in [0.2, 0.25) is 0 Å². The predicted molar refractivity (Wildman–Crippen MR) is 113 cm³/mol. The van der Waals surface area contributed by atoms with Gasteiger partial charge in [-0.2, -0.15) is 9.36 Å². The van der Waals surface area contributed by atoms with E-state index in [1.54, 1.807) is 14.2 Å². The Balaban J connectivity index is 1.65. The van der Waals surface area contributed by atoms with Crippen molar-refractivity contribution in [3.8, 4) is 11.4 Å². The monoisotopic (exact) mass is 407 g/mol. The van der Waals surface area contributed by atoms with Gasteiger partial charge in [-0.15, -0.1) is 0 Å². The molecule has 0 unspecified atom stereocenters. The van der Waals surface area contributed by atoms with Crippen LogP contribution < -0.4 is 10.4 Å². The molecular weight excluding hydrogens is 382 g/mol. The first-order valence-corrected chi connectivity index (χ1v) is 9.92. The van der Waals surface area contributed by atoms with E-state index in [4.69, 9.17) is 9.57 Å². The number of nitrogens with zero attached hydrogens (tertiary/aromatic N) is 5. The highest BCUT2D eigenvalue weighted by Crippen LogP contribution is 2.45. The largest absolute Gasteiger partial charge is 0.489 e. The smallest absolute Gasteiger partial charge is 0.368 e. The molecule has 1 aromatic heterocycles. The molecule has 3 aromatic rings. The topological polar surface area (TPSA) is 83.5 Å². The number of hydrogen-bond donors (Lipinski definition) is 0. The van der Waals surface area contributed by atoms with E-state index in [0.717, 1.165) is 41.0 Å². The summed E-state index contributed by atoms with van der Waals surface area (Å²) >= 11 is 0. The molecule has 4 rings (SSSR count). The summed E-state index contributed by atoms with van der Waals surface area (Å²) in [6, 6.07) is 11.9. The number of benzene rings is 2. The van der Waals surface area contributed by atoms with Crippen LogP contribution in [0.15, 0.2) is 46.3 Å². The number of oxime groups is 1. The van der Waals surface area contributed by atoms with Crippen molar-refractivity contribution in [1.29, 1.82) is 0 Å². The van der Waals surface area contributed by atoms with Gasteiger partial charge in [-0.3, -0.25) is 0 Å². The van der Waals surface area contributed by atoms with Crippen LogP contribution in [0.4, 0.5) is 0 Å². The number of ether oxygens (including phenoxy) is 1. The van der Waals surface area contributed by atoms with Gasteiger partial charge in [0.1, 0.15) is 19.5 Å². The van der Waals surface area contributed by atoms with E-state index in [0.29, 0.717) is 18.2 Å². The van der Waals surface area contributed by atoms with Gasteiger partial charge >= 0.3 is 5.69 Å². The lowest BCUT2D eigenvalue weighted by molar-refractivity contribution is 0.213. The Labute approximate surface area is 174 Å². The molecule has 0 aliphatic heterocycles. The van der Waals surface area contributed by atoms with E-state index in [2.05, 4.69) is 21.6 Å². The average molecular weight is 407 g/mol. The van der Waals surface area contributed by atoms with Crippen molar-refractivity contribution in [1.82, 2.24) is 19.8 Å². The van der Waals surface area contributed by atoms with Gasteiger partial charge in [0.15, 0.2) is 0 Å². The summed E-state index contributed by atoms with van der Waals surface area (Å²) in [7, 11) is 3.13. The van der Waals surface area contributed by atoms with E-state index < -0.39 is 0 Å². The van der Waals surface area contributed by atoms with Crippen molar-refractivity contribution in [2.45, 2.75) is 39.2 Å². The maximum Gasteiger partial charge on any atom is 0.368 e. The fourth-order valence-corrected chi connectivity index (χ4v) is 3.50. The molecule has 1 heterocycles. The van der Waals surface area contributed by atoms with Crippen LogP contribution in [0.5, 0.6) is 5.75 Å². The van der Waals surface area contributed by atoms with Crippen molar-refractivity contribution in [2.24, 2.45) is 12.2 Å². The molecule has 0 N–H and O–H groups in total. The highest BCUT2D eigenvalue weighted by molar-refractivity contribution is 5.98. The Morgan fingerprint density at radius 2 is 2.03 bits per heavy atom. The average Bonchev–Trinajstić information content (AvgIpc) is 3.53. The zero-order valence-electron chi connectivity index (χ0n) is 17.6. The molecule has 0 amide bonds. The van der Waals surface area contributed by atoms with Gasteiger partial charge in [-0.25, -0.2) is 4.79 Å². The second-order valence-corrected chi connectivity index (χ2v) is 7.54. The van der Waals surface area contributed by atoms with Crippen LogP contribution in [-0.2, 0) is 18.5 Å². The summed E-state index contributed by atoms with van der Waals surface area (Å²) in [6.45, 7) is 4.25. The van der Waals surface area contributed by atoms with Crippen LogP contribution in [0.1, 0.15) is 47.9 Å². The number of aryl methyl sites for hydroxylation is 2. The lowest BCUT2D eigenvalue weighted by Crippen LogP contribution is -2.23. The van der Waals surface area contributed by atoms with Gasteiger partial charge in [0.25, 0.3) is 0 Å². The minimum absolute atomic E-state index is 0.294. The standard InChI is InChI=1S/C22H25N5O3/c1-14-6-5-7-20(27-22(28)26(3)24-25-27)19(14)13-30-21-11-10-17(15(2)23-29-4)12-18(21)16-8-9-16/h5-7,10-12,16H,8-9,13H2,1-4H3. The Bertz CT molecular complexity index is 1160. The number of aromatic nitrogens is 4. The maximum atomic E-state index is 12.4. The van der Waals surface area contributed by atoms with Gasteiger partial charge in [-0.1, -0.05) is 17.3 Å². The molecule has 0 bridgehead atoms. The molecule has 8 nitrogen and oxygen atoms in total. The van der Waals surface area contributed by atoms with Gasteiger partial charge < -0.3 is 9.57 Å². The SMILES string of the molecule is CON=C(C)c1ccc(OCc2c(C)cccc2-n2nnn(C)c2=O)c(C2CC2)c1. The highest BCUT2D eigenvalue weighted by Gasteiger charge is 2.27. The molecule has 1 aliphatic rings. The first kappa shape index (κ1) is 19.9. The Hall–Kier alpha value is -3.42. The van der Waals surface area contributed by atoms with Gasteiger partial charge in [0.2, 0.25) is 0 Å². The van der Waals surface area contributed by atoms with E-state index in [-0.39, 0.29) is 5.69 Å². The molecule has 1 saturated carbocycles. The zero-order chi connectivity index (χ0) is 21.3. The first-order valence-electron chi connectivity index (χ1n) is 9.92. The van der Waals surface area contributed by atoms with Gasteiger partial charge in [-0.05, 0) is 84.0 Å². The fraction of sp³-hybridized carbons (Fsp3) is 0.364. The molecule has 8 heteroatoms. The molecule has 0 atom stereocenters. The lowest BCUT2D eigenvalue weighted by Gasteiger charge is -2.16. The van der Waals surface area contributed by atoms with Gasteiger partial charge in [0, 0.05) is 12.6 Å². The third-order valence-electron chi connectivity index (χ3n) is 5.38. The molecule has 1 aliphatic carbocycles. The number of hydrogen-bond acceptors (Lipinski definition) is 6. The van der Waals surface area contributed by atoms with Gasteiger partial charge in [0.05, 0.1) is 11.4 Å².